The van der Waals surface area contributed by atoms with E-state index in [4.69, 9.17) is 16.1 Å². The molecule has 0 unspecified atom stereocenters. The third kappa shape index (κ3) is 5.77. The van der Waals surface area contributed by atoms with Crippen LogP contribution in [0.15, 0.2) is 11.7 Å². The van der Waals surface area contributed by atoms with Crippen molar-refractivity contribution >= 4 is 29.8 Å². The van der Waals surface area contributed by atoms with E-state index in [1.54, 1.807) is 17.5 Å². The number of aliphatic hydroxyl groups excluding tert-OH is 1. The Hall–Kier alpha value is -1.40. The molecule has 0 aromatic carbocycles. The van der Waals surface area contributed by atoms with E-state index in [9.17, 15) is 0 Å². The van der Waals surface area contributed by atoms with Crippen molar-refractivity contribution in [1.82, 2.24) is 9.97 Å². The molecule has 0 saturated heterocycles. The lowest BCUT2D eigenvalue weighted by molar-refractivity contribution is -0.689. The van der Waals surface area contributed by atoms with Gasteiger partial charge in [-0.25, -0.2) is 9.97 Å². The molecule has 120 valence electrons. The molecule has 3 N–H and O–H groups in total. The Labute approximate surface area is 145 Å². The van der Waals surface area contributed by atoms with Gasteiger partial charge in [0.2, 0.25) is 5.51 Å². The van der Waals surface area contributed by atoms with E-state index < -0.39 is 0 Å². The van der Waals surface area contributed by atoms with Crippen molar-refractivity contribution in [2.45, 2.75) is 26.8 Å². The number of thiol groups is 1. The van der Waals surface area contributed by atoms with Crippen LogP contribution in [0.5, 0.6) is 0 Å². The van der Waals surface area contributed by atoms with Crippen molar-refractivity contribution in [3.8, 4) is 5.40 Å². The van der Waals surface area contributed by atoms with Gasteiger partial charge in [0.1, 0.15) is 17.0 Å². The highest BCUT2D eigenvalue weighted by Gasteiger charge is 2.16. The minimum absolute atomic E-state index is 0. The van der Waals surface area contributed by atoms with Crippen molar-refractivity contribution < 1.29 is 22.1 Å². The number of thiazole rings is 1. The molecule has 2 heterocycles. The minimum Gasteiger partial charge on any atom is -1.00 e. The summed E-state index contributed by atoms with van der Waals surface area (Å²) in [6.07, 6.45) is 2.47. The van der Waals surface area contributed by atoms with Crippen molar-refractivity contribution in [3.63, 3.8) is 0 Å². The molecule has 9 heteroatoms. The second-order valence-electron chi connectivity index (χ2n) is 4.26. The zero-order valence-electron chi connectivity index (χ0n) is 12.3. The number of nitrogens with two attached hydrogens (primary N) is 1. The van der Waals surface area contributed by atoms with Gasteiger partial charge in [0.25, 0.3) is 0 Å². The van der Waals surface area contributed by atoms with E-state index in [1.165, 1.54) is 10.3 Å². The van der Waals surface area contributed by atoms with E-state index in [2.05, 4.69) is 27.2 Å². The molecule has 0 bridgehead atoms. The number of halogens is 1. The van der Waals surface area contributed by atoms with Crippen LogP contribution in [0.25, 0.3) is 0 Å². The van der Waals surface area contributed by atoms with Gasteiger partial charge < -0.3 is 23.2 Å². The fourth-order valence-electron chi connectivity index (χ4n) is 1.77. The normalized spacial score (nSPS) is 9.23. The van der Waals surface area contributed by atoms with E-state index in [0.29, 0.717) is 24.6 Å². The minimum atomic E-state index is 0. The van der Waals surface area contributed by atoms with Gasteiger partial charge in [-0.3, -0.25) is 0 Å². The number of aryl methyl sites for hydroxylation is 1. The molecular weight excluding hydrogens is 342 g/mol. The summed E-state index contributed by atoms with van der Waals surface area (Å²) in [4.78, 5) is 9.53. The lowest BCUT2D eigenvalue weighted by atomic mass is 10.2. The van der Waals surface area contributed by atoms with E-state index in [-0.39, 0.29) is 19.0 Å². The molecule has 0 radical (unpaired) electrons. The SMILES string of the molecule is Cc1ncc(C[n+]2csc(CCO)c2C)c(N)n1.N#CS.[Cl-]. The zero-order valence-corrected chi connectivity index (χ0v) is 14.8. The standard InChI is InChI=1S/C12H17N4OS.CHNS.ClH/c1-8-11(3-4-17)18-7-16(8)6-10-5-14-9(2)15-12(10)13;2-1-3;/h5,7,17H,3-4,6H2,1-2H3,(H2,13,14,15);3H;1H/q+1;;/p-1. The summed E-state index contributed by atoms with van der Waals surface area (Å²) in [5.41, 5.74) is 10.0. The summed E-state index contributed by atoms with van der Waals surface area (Å²) in [5.74, 6) is 1.22. The number of aliphatic hydroxyl groups is 1. The third-order valence-electron chi connectivity index (χ3n) is 2.85. The number of rotatable bonds is 4. The first-order valence-corrected chi connectivity index (χ1v) is 7.54. The number of anilines is 1. The molecule has 0 amide bonds. The predicted octanol–water partition coefficient (Wildman–Crippen LogP) is -1.99. The van der Waals surface area contributed by atoms with Crippen LogP contribution in [0.1, 0.15) is 22.0 Å². The highest BCUT2D eigenvalue weighted by molar-refractivity contribution is 7.85. The first kappa shape index (κ1) is 20.6. The number of thiocyanates is 1. The number of aromatic nitrogens is 3. The summed E-state index contributed by atoms with van der Waals surface area (Å²) in [6.45, 7) is 4.71. The summed E-state index contributed by atoms with van der Waals surface area (Å²) in [7, 11) is 0. The third-order valence-corrected chi connectivity index (χ3v) is 4.00. The van der Waals surface area contributed by atoms with Crippen LogP contribution in [-0.4, -0.2) is 21.7 Å². The van der Waals surface area contributed by atoms with Gasteiger partial charge in [0.05, 0.1) is 10.4 Å². The van der Waals surface area contributed by atoms with Gasteiger partial charge in [0.15, 0.2) is 12.2 Å². The smallest absolute Gasteiger partial charge is 0.225 e. The van der Waals surface area contributed by atoms with Gasteiger partial charge in [-0.15, -0.1) is 0 Å². The predicted molar refractivity (Wildman–Crippen MR) is 84.9 cm³/mol. The van der Waals surface area contributed by atoms with Crippen molar-refractivity contribution in [3.05, 3.63) is 33.7 Å². The second-order valence-corrected chi connectivity index (χ2v) is 5.40. The lowest BCUT2D eigenvalue weighted by Gasteiger charge is -2.01. The van der Waals surface area contributed by atoms with E-state index in [1.807, 2.05) is 19.4 Å². The summed E-state index contributed by atoms with van der Waals surface area (Å²) in [6, 6.07) is 0. The number of nitrogen functional groups attached to an aromatic ring is 1. The molecule has 22 heavy (non-hydrogen) atoms. The maximum absolute atomic E-state index is 8.98. The fraction of sp³-hybridized carbons (Fsp3) is 0.385. The Morgan fingerprint density at radius 3 is 2.68 bits per heavy atom. The van der Waals surface area contributed by atoms with E-state index in [0.717, 1.165) is 11.3 Å². The highest BCUT2D eigenvalue weighted by Crippen LogP contribution is 2.13. The maximum Gasteiger partial charge on any atom is 0.225 e. The number of nitriles is 1. The fourth-order valence-corrected chi connectivity index (χ4v) is 2.75. The number of hydrogen-bond acceptors (Lipinski definition) is 7. The van der Waals surface area contributed by atoms with Crippen molar-refractivity contribution in [2.75, 3.05) is 12.3 Å². The Balaban J connectivity index is 0.00000102. The molecule has 0 aliphatic heterocycles. The topological polar surface area (TPSA) is 99.7 Å². The van der Waals surface area contributed by atoms with Crippen LogP contribution < -0.4 is 22.7 Å². The second kappa shape index (κ2) is 10.3. The molecule has 0 atom stereocenters. The van der Waals surface area contributed by atoms with Crippen LogP contribution in [0.4, 0.5) is 5.82 Å². The molecule has 0 aliphatic rings. The molecule has 0 fully saturated rings. The maximum atomic E-state index is 8.98. The first-order valence-electron chi connectivity index (χ1n) is 6.21. The number of hydrogen-bond donors (Lipinski definition) is 3. The van der Waals surface area contributed by atoms with Gasteiger partial charge in [-0.05, 0) is 6.92 Å². The van der Waals surface area contributed by atoms with Gasteiger partial charge in [0, 0.05) is 26.1 Å². The Kier molecular flexibility index (Phi) is 9.69. The Morgan fingerprint density at radius 2 is 2.14 bits per heavy atom. The van der Waals surface area contributed by atoms with Crippen LogP contribution in [-0.2, 0) is 13.0 Å². The van der Waals surface area contributed by atoms with Gasteiger partial charge in [-0.1, -0.05) is 24.0 Å². The van der Waals surface area contributed by atoms with E-state index >= 15 is 0 Å². The van der Waals surface area contributed by atoms with Crippen LogP contribution in [0.3, 0.4) is 0 Å². The average Bonchev–Trinajstić information content (AvgIpc) is 2.76. The first-order chi connectivity index (χ1) is 10.0. The quantitative estimate of drug-likeness (QED) is 0.333. The molecule has 2 aromatic heterocycles. The van der Waals surface area contributed by atoms with Crippen LogP contribution in [0.2, 0.25) is 0 Å². The van der Waals surface area contributed by atoms with Crippen molar-refractivity contribution in [2.24, 2.45) is 0 Å². The average molecular weight is 360 g/mol. The molecule has 2 rings (SSSR count). The molecular formula is C13H18ClN5OS2. The summed E-state index contributed by atoms with van der Waals surface area (Å²) in [5, 5.41) is 17.6. The lowest BCUT2D eigenvalue weighted by Crippen LogP contribution is -3.00. The van der Waals surface area contributed by atoms with Gasteiger partial charge >= 0.3 is 0 Å². The summed E-state index contributed by atoms with van der Waals surface area (Å²) >= 11 is 4.74. The Bertz CT molecular complexity index is 642. The highest BCUT2D eigenvalue weighted by atomic mass is 35.5. The monoisotopic (exact) mass is 359 g/mol. The van der Waals surface area contributed by atoms with Crippen LogP contribution in [0, 0.1) is 24.5 Å². The molecule has 0 aliphatic carbocycles. The zero-order chi connectivity index (χ0) is 15.8. The van der Waals surface area contributed by atoms with Crippen molar-refractivity contribution in [1.29, 1.82) is 5.26 Å². The molecule has 0 saturated carbocycles. The largest absolute Gasteiger partial charge is 1.00 e. The van der Waals surface area contributed by atoms with Crippen LogP contribution >= 0.6 is 24.0 Å². The summed E-state index contributed by atoms with van der Waals surface area (Å²) < 4.78 is 2.11. The van der Waals surface area contributed by atoms with Gasteiger partial charge in [-0.2, -0.15) is 9.83 Å². The number of nitrogens with zero attached hydrogens (tertiary/aromatic N) is 4. The molecule has 2 aromatic rings. The Morgan fingerprint density at radius 1 is 1.50 bits per heavy atom. The molecule has 0 spiro atoms. The molecule has 6 nitrogen and oxygen atoms in total.